The molecule has 182 valence electrons. The SMILES string of the molecule is CCCNC(=O)C1CCN(C(=O)c2cc(-c3ccc(-c4ccccc4)cc3)nc3ccccc23)CC1. The van der Waals surface area contributed by atoms with Gasteiger partial charge in [-0.2, -0.15) is 0 Å². The lowest BCUT2D eigenvalue weighted by atomic mass is 9.94. The molecule has 0 bridgehead atoms. The van der Waals surface area contributed by atoms with Crippen LogP contribution < -0.4 is 5.32 Å². The third-order valence-electron chi connectivity index (χ3n) is 6.94. The Bertz CT molecular complexity index is 1360. The van der Waals surface area contributed by atoms with Crippen molar-refractivity contribution >= 4 is 22.7 Å². The molecule has 2 amide bonds. The molecule has 0 saturated carbocycles. The minimum absolute atomic E-state index is 0.00294. The summed E-state index contributed by atoms with van der Waals surface area (Å²) in [6, 6.07) is 28.3. The molecule has 1 aliphatic rings. The number of carbonyl (C=O) groups is 2. The van der Waals surface area contributed by atoms with Crippen molar-refractivity contribution in [2.24, 2.45) is 5.92 Å². The zero-order valence-corrected chi connectivity index (χ0v) is 20.6. The molecule has 2 heterocycles. The van der Waals surface area contributed by atoms with Crippen LogP contribution in [0.2, 0.25) is 0 Å². The average Bonchev–Trinajstić information content (AvgIpc) is 2.95. The molecule has 1 N–H and O–H groups in total. The molecule has 1 fully saturated rings. The lowest BCUT2D eigenvalue weighted by molar-refractivity contribution is -0.126. The molecule has 4 aromatic rings. The number of carbonyl (C=O) groups excluding carboxylic acids is 2. The fourth-order valence-electron chi connectivity index (χ4n) is 4.87. The van der Waals surface area contributed by atoms with Crippen LogP contribution in [-0.2, 0) is 4.79 Å². The van der Waals surface area contributed by atoms with Gasteiger partial charge in [-0.1, -0.05) is 79.7 Å². The molecule has 5 heteroatoms. The minimum Gasteiger partial charge on any atom is -0.356 e. The van der Waals surface area contributed by atoms with Gasteiger partial charge in [0.2, 0.25) is 5.91 Å². The third kappa shape index (κ3) is 5.01. The fraction of sp³-hybridized carbons (Fsp3) is 0.258. The summed E-state index contributed by atoms with van der Waals surface area (Å²) >= 11 is 0. The molecule has 36 heavy (non-hydrogen) atoms. The van der Waals surface area contributed by atoms with Gasteiger partial charge in [-0.3, -0.25) is 9.59 Å². The number of piperidine rings is 1. The molecule has 3 aromatic carbocycles. The smallest absolute Gasteiger partial charge is 0.254 e. The van der Waals surface area contributed by atoms with Gasteiger partial charge in [0, 0.05) is 36.5 Å². The van der Waals surface area contributed by atoms with Crippen LogP contribution in [0.3, 0.4) is 0 Å². The van der Waals surface area contributed by atoms with Gasteiger partial charge < -0.3 is 10.2 Å². The van der Waals surface area contributed by atoms with E-state index in [2.05, 4.69) is 41.7 Å². The zero-order chi connectivity index (χ0) is 24.9. The Morgan fingerprint density at radius 3 is 2.22 bits per heavy atom. The van der Waals surface area contributed by atoms with Gasteiger partial charge in [0.05, 0.1) is 16.8 Å². The number of para-hydroxylation sites is 1. The van der Waals surface area contributed by atoms with E-state index in [9.17, 15) is 9.59 Å². The molecule has 0 aliphatic carbocycles. The van der Waals surface area contributed by atoms with E-state index in [0.29, 0.717) is 38.0 Å². The van der Waals surface area contributed by atoms with Gasteiger partial charge in [0.15, 0.2) is 0 Å². The predicted octanol–water partition coefficient (Wildman–Crippen LogP) is 5.95. The molecule has 1 aromatic heterocycles. The minimum atomic E-state index is -0.0199. The van der Waals surface area contributed by atoms with Crippen molar-refractivity contribution in [3.8, 4) is 22.4 Å². The van der Waals surface area contributed by atoms with E-state index in [0.717, 1.165) is 39.7 Å². The molecule has 0 atom stereocenters. The summed E-state index contributed by atoms with van der Waals surface area (Å²) in [6.07, 6.45) is 2.31. The maximum atomic E-state index is 13.7. The zero-order valence-electron chi connectivity index (χ0n) is 20.6. The highest BCUT2D eigenvalue weighted by Crippen LogP contribution is 2.29. The largest absolute Gasteiger partial charge is 0.356 e. The highest BCUT2D eigenvalue weighted by molar-refractivity contribution is 6.07. The molecule has 0 spiro atoms. The number of amides is 2. The van der Waals surface area contributed by atoms with Gasteiger partial charge >= 0.3 is 0 Å². The first-order valence-corrected chi connectivity index (χ1v) is 12.8. The number of nitrogens with zero attached hydrogens (tertiary/aromatic N) is 2. The Hall–Kier alpha value is -3.99. The van der Waals surface area contributed by atoms with Crippen LogP contribution in [0.15, 0.2) is 84.9 Å². The highest BCUT2D eigenvalue weighted by atomic mass is 16.2. The van der Waals surface area contributed by atoms with Crippen molar-refractivity contribution in [3.63, 3.8) is 0 Å². The molecular weight excluding hydrogens is 446 g/mol. The second-order valence-electron chi connectivity index (χ2n) is 9.37. The standard InChI is InChI=1S/C31H31N3O2/c1-2-18-32-30(35)25-16-19-34(20-17-25)31(36)27-21-29(33-28-11-7-6-10-26(27)28)24-14-12-23(13-15-24)22-8-4-3-5-9-22/h3-15,21,25H,2,16-20H2,1H3,(H,32,35). The summed E-state index contributed by atoms with van der Waals surface area (Å²) in [4.78, 5) is 32.8. The van der Waals surface area contributed by atoms with Crippen LogP contribution in [0.1, 0.15) is 36.5 Å². The van der Waals surface area contributed by atoms with E-state index >= 15 is 0 Å². The number of hydrogen-bond donors (Lipinski definition) is 1. The number of fused-ring (bicyclic) bond motifs is 1. The van der Waals surface area contributed by atoms with Crippen molar-refractivity contribution in [2.45, 2.75) is 26.2 Å². The maximum absolute atomic E-state index is 13.7. The predicted molar refractivity (Wildman–Crippen MR) is 145 cm³/mol. The summed E-state index contributed by atoms with van der Waals surface area (Å²) in [5.41, 5.74) is 5.53. The number of rotatable bonds is 6. The van der Waals surface area contributed by atoms with Crippen LogP contribution in [0.4, 0.5) is 0 Å². The number of aromatic nitrogens is 1. The first-order valence-electron chi connectivity index (χ1n) is 12.8. The monoisotopic (exact) mass is 477 g/mol. The third-order valence-corrected chi connectivity index (χ3v) is 6.94. The molecular formula is C31H31N3O2. The van der Waals surface area contributed by atoms with Gasteiger partial charge in [-0.05, 0) is 42.5 Å². The fourth-order valence-corrected chi connectivity index (χ4v) is 4.87. The van der Waals surface area contributed by atoms with Crippen LogP contribution in [0.25, 0.3) is 33.3 Å². The first kappa shape index (κ1) is 23.7. The van der Waals surface area contributed by atoms with Crippen molar-refractivity contribution in [2.75, 3.05) is 19.6 Å². The summed E-state index contributed by atoms with van der Waals surface area (Å²) in [6.45, 7) is 3.92. The lowest BCUT2D eigenvalue weighted by Crippen LogP contribution is -2.43. The Morgan fingerprint density at radius 2 is 1.50 bits per heavy atom. The van der Waals surface area contributed by atoms with E-state index in [1.165, 1.54) is 0 Å². The van der Waals surface area contributed by atoms with Gasteiger partial charge in [0.1, 0.15) is 0 Å². The number of nitrogens with one attached hydrogen (secondary N) is 1. The summed E-state index contributed by atoms with van der Waals surface area (Å²) in [5.74, 6) is 0.0937. The molecule has 5 nitrogen and oxygen atoms in total. The summed E-state index contributed by atoms with van der Waals surface area (Å²) < 4.78 is 0. The van der Waals surface area contributed by atoms with E-state index in [-0.39, 0.29) is 17.7 Å². The molecule has 5 rings (SSSR count). The van der Waals surface area contributed by atoms with Crippen LogP contribution >= 0.6 is 0 Å². The average molecular weight is 478 g/mol. The molecule has 0 radical (unpaired) electrons. The maximum Gasteiger partial charge on any atom is 0.254 e. The van der Waals surface area contributed by atoms with Gasteiger partial charge in [-0.25, -0.2) is 4.98 Å². The van der Waals surface area contributed by atoms with Gasteiger partial charge in [-0.15, -0.1) is 0 Å². The van der Waals surface area contributed by atoms with Gasteiger partial charge in [0.25, 0.3) is 5.91 Å². The number of benzene rings is 3. The number of pyridine rings is 1. The van der Waals surface area contributed by atoms with Crippen LogP contribution in [-0.4, -0.2) is 41.3 Å². The molecule has 1 aliphatic heterocycles. The first-order chi connectivity index (χ1) is 17.6. The Balaban J connectivity index is 1.40. The van der Waals surface area contributed by atoms with E-state index in [1.807, 2.05) is 60.4 Å². The summed E-state index contributed by atoms with van der Waals surface area (Å²) in [5, 5.41) is 3.85. The number of likely N-dealkylation sites (tertiary alicyclic amines) is 1. The van der Waals surface area contributed by atoms with Crippen molar-refractivity contribution in [1.29, 1.82) is 0 Å². The number of hydrogen-bond acceptors (Lipinski definition) is 3. The summed E-state index contributed by atoms with van der Waals surface area (Å²) in [7, 11) is 0. The normalized spacial score (nSPS) is 14.1. The second kappa shape index (κ2) is 10.7. The highest BCUT2D eigenvalue weighted by Gasteiger charge is 2.28. The van der Waals surface area contributed by atoms with Crippen molar-refractivity contribution in [3.05, 3.63) is 90.5 Å². The second-order valence-corrected chi connectivity index (χ2v) is 9.37. The Labute approximate surface area is 212 Å². The van der Waals surface area contributed by atoms with Crippen LogP contribution in [0.5, 0.6) is 0 Å². The lowest BCUT2D eigenvalue weighted by Gasteiger charge is -2.31. The van der Waals surface area contributed by atoms with Crippen molar-refractivity contribution < 1.29 is 9.59 Å². The van der Waals surface area contributed by atoms with E-state index in [4.69, 9.17) is 4.98 Å². The van der Waals surface area contributed by atoms with Crippen molar-refractivity contribution in [1.82, 2.24) is 15.2 Å². The molecule has 0 unspecified atom stereocenters. The Kier molecular flexibility index (Phi) is 7.08. The van der Waals surface area contributed by atoms with E-state index in [1.54, 1.807) is 0 Å². The topological polar surface area (TPSA) is 62.3 Å². The van der Waals surface area contributed by atoms with Crippen LogP contribution in [0, 0.1) is 5.92 Å². The molecule has 1 saturated heterocycles. The quantitative estimate of drug-likeness (QED) is 0.373. The van der Waals surface area contributed by atoms with E-state index < -0.39 is 0 Å². The Morgan fingerprint density at radius 1 is 0.861 bits per heavy atom.